The van der Waals surface area contributed by atoms with Gasteiger partial charge in [0.15, 0.2) is 8.32 Å². The van der Waals surface area contributed by atoms with Crippen molar-refractivity contribution in [2.75, 3.05) is 6.61 Å². The maximum Gasteiger partial charge on any atom is 0.192 e. The molecule has 96 valence electrons. The standard InChI is InChI=1S/C13H28O2Si/c1-12(2,3)16(4,5)15-13(9-10-13)8-6-7-11-14/h14H,6-11H2,1-5H3. The highest BCUT2D eigenvalue weighted by atomic mass is 28.4. The van der Waals surface area contributed by atoms with Gasteiger partial charge in [-0.25, -0.2) is 0 Å². The van der Waals surface area contributed by atoms with Crippen LogP contribution in [0.25, 0.3) is 0 Å². The van der Waals surface area contributed by atoms with Crippen molar-refractivity contribution in [1.29, 1.82) is 0 Å². The summed E-state index contributed by atoms with van der Waals surface area (Å²) < 4.78 is 6.50. The lowest BCUT2D eigenvalue weighted by Gasteiger charge is -2.39. The van der Waals surface area contributed by atoms with Gasteiger partial charge < -0.3 is 9.53 Å². The van der Waals surface area contributed by atoms with Gasteiger partial charge in [0.25, 0.3) is 0 Å². The van der Waals surface area contributed by atoms with Crippen molar-refractivity contribution in [2.24, 2.45) is 0 Å². The van der Waals surface area contributed by atoms with E-state index >= 15 is 0 Å². The quantitative estimate of drug-likeness (QED) is 0.570. The van der Waals surface area contributed by atoms with Crippen LogP contribution < -0.4 is 0 Å². The Hall–Kier alpha value is 0.137. The molecular formula is C13H28O2Si. The monoisotopic (exact) mass is 244 g/mol. The first-order valence-corrected chi connectivity index (χ1v) is 9.44. The smallest absolute Gasteiger partial charge is 0.192 e. The van der Waals surface area contributed by atoms with E-state index in [1.807, 2.05) is 0 Å². The molecule has 0 aromatic rings. The van der Waals surface area contributed by atoms with E-state index in [4.69, 9.17) is 9.53 Å². The maximum atomic E-state index is 8.81. The summed E-state index contributed by atoms with van der Waals surface area (Å²) in [5, 5.41) is 9.12. The van der Waals surface area contributed by atoms with E-state index in [0.29, 0.717) is 11.6 Å². The molecule has 0 spiro atoms. The van der Waals surface area contributed by atoms with E-state index in [2.05, 4.69) is 33.9 Å². The second-order valence-corrected chi connectivity index (χ2v) is 11.5. The van der Waals surface area contributed by atoms with E-state index in [1.54, 1.807) is 0 Å². The van der Waals surface area contributed by atoms with Gasteiger partial charge in [0.05, 0.1) is 5.60 Å². The summed E-state index contributed by atoms with van der Waals surface area (Å²) in [6.45, 7) is 11.9. The van der Waals surface area contributed by atoms with Gasteiger partial charge in [0, 0.05) is 6.61 Å². The number of hydrogen-bond donors (Lipinski definition) is 1. The van der Waals surface area contributed by atoms with Crippen LogP contribution >= 0.6 is 0 Å². The Kier molecular flexibility index (Phi) is 4.25. The van der Waals surface area contributed by atoms with Crippen LogP contribution in [-0.4, -0.2) is 25.6 Å². The number of unbranched alkanes of at least 4 members (excludes halogenated alkanes) is 1. The molecule has 1 saturated carbocycles. The second kappa shape index (κ2) is 4.79. The minimum Gasteiger partial charge on any atom is -0.411 e. The summed E-state index contributed by atoms with van der Waals surface area (Å²) in [5.74, 6) is 0. The Morgan fingerprint density at radius 3 is 2.12 bits per heavy atom. The van der Waals surface area contributed by atoms with Gasteiger partial charge in [-0.15, -0.1) is 0 Å². The molecular weight excluding hydrogens is 216 g/mol. The SMILES string of the molecule is CC(C)(C)[Si](C)(C)OC1(CCCCO)CC1. The summed E-state index contributed by atoms with van der Waals surface area (Å²) in [4.78, 5) is 0. The number of hydrogen-bond acceptors (Lipinski definition) is 2. The molecule has 0 unspecified atom stereocenters. The Labute approximate surface area is 102 Å². The summed E-state index contributed by atoms with van der Waals surface area (Å²) in [6, 6.07) is 0. The Bertz CT molecular complexity index is 227. The number of aliphatic hydroxyl groups is 1. The Morgan fingerprint density at radius 2 is 1.75 bits per heavy atom. The van der Waals surface area contributed by atoms with Crippen LogP contribution in [0.2, 0.25) is 18.1 Å². The van der Waals surface area contributed by atoms with Crippen molar-refractivity contribution in [3.05, 3.63) is 0 Å². The average molecular weight is 244 g/mol. The van der Waals surface area contributed by atoms with Crippen molar-refractivity contribution in [3.8, 4) is 0 Å². The third-order valence-electron chi connectivity index (χ3n) is 4.13. The molecule has 1 rings (SSSR count). The first-order valence-electron chi connectivity index (χ1n) is 6.54. The van der Waals surface area contributed by atoms with Gasteiger partial charge in [-0.1, -0.05) is 20.8 Å². The zero-order valence-electron chi connectivity index (χ0n) is 11.6. The van der Waals surface area contributed by atoms with Crippen LogP contribution in [0.1, 0.15) is 52.9 Å². The van der Waals surface area contributed by atoms with Crippen molar-refractivity contribution >= 4 is 8.32 Å². The predicted octanol–water partition coefficient (Wildman–Crippen LogP) is 3.70. The fourth-order valence-corrected chi connectivity index (χ4v) is 3.49. The fraction of sp³-hybridized carbons (Fsp3) is 1.00. The molecule has 0 bridgehead atoms. The molecule has 0 aliphatic heterocycles. The van der Waals surface area contributed by atoms with Crippen molar-refractivity contribution < 1.29 is 9.53 Å². The summed E-state index contributed by atoms with van der Waals surface area (Å²) in [6.07, 6.45) is 5.61. The first kappa shape index (κ1) is 14.2. The third kappa shape index (κ3) is 3.57. The zero-order valence-corrected chi connectivity index (χ0v) is 12.6. The molecule has 0 heterocycles. The van der Waals surface area contributed by atoms with Gasteiger partial charge in [0.1, 0.15) is 0 Å². The van der Waals surface area contributed by atoms with Crippen LogP contribution in [0.3, 0.4) is 0 Å². The summed E-state index contributed by atoms with van der Waals surface area (Å²) >= 11 is 0. The largest absolute Gasteiger partial charge is 0.411 e. The highest BCUT2D eigenvalue weighted by Crippen LogP contribution is 2.50. The lowest BCUT2D eigenvalue weighted by atomic mass is 10.1. The maximum absolute atomic E-state index is 8.81. The summed E-state index contributed by atoms with van der Waals surface area (Å²) in [7, 11) is -1.60. The first-order chi connectivity index (χ1) is 7.22. The molecule has 0 amide bonds. The Morgan fingerprint density at radius 1 is 1.19 bits per heavy atom. The van der Waals surface area contributed by atoms with E-state index in [0.717, 1.165) is 19.3 Å². The lowest BCUT2D eigenvalue weighted by molar-refractivity contribution is 0.141. The van der Waals surface area contributed by atoms with E-state index in [-0.39, 0.29) is 5.60 Å². The zero-order chi connectivity index (χ0) is 12.4. The van der Waals surface area contributed by atoms with E-state index < -0.39 is 8.32 Å². The van der Waals surface area contributed by atoms with Crippen LogP contribution in [0, 0.1) is 0 Å². The second-order valence-electron chi connectivity index (χ2n) is 6.73. The van der Waals surface area contributed by atoms with Gasteiger partial charge in [-0.05, 0) is 50.2 Å². The van der Waals surface area contributed by atoms with E-state index in [9.17, 15) is 0 Å². The van der Waals surface area contributed by atoms with Crippen molar-refractivity contribution in [2.45, 2.75) is 76.6 Å². The van der Waals surface area contributed by atoms with Crippen molar-refractivity contribution in [3.63, 3.8) is 0 Å². The molecule has 1 aliphatic carbocycles. The van der Waals surface area contributed by atoms with Gasteiger partial charge >= 0.3 is 0 Å². The molecule has 1 fully saturated rings. The molecule has 3 heteroatoms. The van der Waals surface area contributed by atoms with Crippen molar-refractivity contribution in [1.82, 2.24) is 0 Å². The van der Waals surface area contributed by atoms with Gasteiger partial charge in [0.2, 0.25) is 0 Å². The molecule has 0 saturated heterocycles. The van der Waals surface area contributed by atoms with Crippen LogP contribution in [-0.2, 0) is 4.43 Å². The molecule has 0 radical (unpaired) electrons. The van der Waals surface area contributed by atoms with Crippen LogP contribution in [0.4, 0.5) is 0 Å². The minimum absolute atomic E-state index is 0.193. The third-order valence-corrected chi connectivity index (χ3v) is 8.68. The molecule has 2 nitrogen and oxygen atoms in total. The fourth-order valence-electron chi connectivity index (χ4n) is 1.80. The lowest BCUT2D eigenvalue weighted by Crippen LogP contribution is -2.44. The molecule has 0 aromatic heterocycles. The molecule has 0 aromatic carbocycles. The highest BCUT2D eigenvalue weighted by Gasteiger charge is 2.50. The normalized spacial score (nSPS) is 19.9. The number of rotatable bonds is 6. The molecule has 16 heavy (non-hydrogen) atoms. The highest BCUT2D eigenvalue weighted by molar-refractivity contribution is 6.74. The number of aliphatic hydroxyl groups excluding tert-OH is 1. The molecule has 0 atom stereocenters. The summed E-state index contributed by atoms with van der Waals surface area (Å²) in [5.41, 5.74) is 0.193. The Balaban J connectivity index is 2.47. The molecule has 1 aliphatic rings. The van der Waals surface area contributed by atoms with Crippen LogP contribution in [0.5, 0.6) is 0 Å². The van der Waals surface area contributed by atoms with Gasteiger partial charge in [-0.2, -0.15) is 0 Å². The van der Waals surface area contributed by atoms with Gasteiger partial charge in [-0.3, -0.25) is 0 Å². The minimum atomic E-state index is -1.60. The average Bonchev–Trinajstić information content (AvgIpc) is 2.83. The van der Waals surface area contributed by atoms with Crippen LogP contribution in [0.15, 0.2) is 0 Å². The van der Waals surface area contributed by atoms with E-state index in [1.165, 1.54) is 12.8 Å². The topological polar surface area (TPSA) is 29.5 Å². The molecule has 1 N–H and O–H groups in total. The predicted molar refractivity (Wildman–Crippen MR) is 71.2 cm³/mol.